The molecule has 3 rings (SSSR count). The number of thiophene rings is 1. The van der Waals surface area contributed by atoms with E-state index in [-0.39, 0.29) is 5.91 Å². The SMILES string of the molecule is COc1cc(NC(=O)c2cc3c(s2)CCCC3)cc(OC)c1. The first-order chi connectivity index (χ1) is 10.7. The zero-order chi connectivity index (χ0) is 15.5. The molecule has 0 saturated heterocycles. The first-order valence-electron chi connectivity index (χ1n) is 7.35. The first-order valence-corrected chi connectivity index (χ1v) is 8.17. The molecule has 0 aliphatic heterocycles. The fourth-order valence-corrected chi connectivity index (χ4v) is 3.82. The average molecular weight is 317 g/mol. The fourth-order valence-electron chi connectivity index (χ4n) is 2.67. The molecule has 0 atom stereocenters. The highest BCUT2D eigenvalue weighted by molar-refractivity contribution is 7.14. The quantitative estimate of drug-likeness (QED) is 0.930. The summed E-state index contributed by atoms with van der Waals surface area (Å²) in [6.45, 7) is 0. The third-order valence-electron chi connectivity index (χ3n) is 3.83. The van der Waals surface area contributed by atoms with Crippen molar-refractivity contribution >= 4 is 22.9 Å². The highest BCUT2D eigenvalue weighted by atomic mass is 32.1. The van der Waals surface area contributed by atoms with Crippen LogP contribution >= 0.6 is 11.3 Å². The van der Waals surface area contributed by atoms with E-state index < -0.39 is 0 Å². The van der Waals surface area contributed by atoms with E-state index >= 15 is 0 Å². The number of hydrogen-bond acceptors (Lipinski definition) is 4. The summed E-state index contributed by atoms with van der Waals surface area (Å²) < 4.78 is 10.4. The van der Waals surface area contributed by atoms with Crippen molar-refractivity contribution in [1.82, 2.24) is 0 Å². The molecule has 4 nitrogen and oxygen atoms in total. The van der Waals surface area contributed by atoms with Crippen LogP contribution in [0.4, 0.5) is 5.69 Å². The molecule has 1 aliphatic rings. The molecule has 0 bridgehead atoms. The molecular weight excluding hydrogens is 298 g/mol. The summed E-state index contributed by atoms with van der Waals surface area (Å²) >= 11 is 1.61. The molecular formula is C17H19NO3S. The second-order valence-corrected chi connectivity index (χ2v) is 6.46. The molecule has 1 aromatic carbocycles. The minimum absolute atomic E-state index is 0.0743. The van der Waals surface area contributed by atoms with Gasteiger partial charge in [-0.25, -0.2) is 0 Å². The van der Waals surface area contributed by atoms with Crippen LogP contribution in [0.25, 0.3) is 0 Å². The van der Waals surface area contributed by atoms with Crippen LogP contribution in [0.3, 0.4) is 0 Å². The van der Waals surface area contributed by atoms with Crippen LogP contribution in [0.15, 0.2) is 24.3 Å². The molecule has 0 radical (unpaired) electrons. The van der Waals surface area contributed by atoms with E-state index in [0.29, 0.717) is 17.2 Å². The monoisotopic (exact) mass is 317 g/mol. The lowest BCUT2D eigenvalue weighted by Crippen LogP contribution is -2.10. The highest BCUT2D eigenvalue weighted by Gasteiger charge is 2.17. The molecule has 1 heterocycles. The maximum Gasteiger partial charge on any atom is 0.265 e. The van der Waals surface area contributed by atoms with Crippen LogP contribution in [0.1, 0.15) is 33.0 Å². The molecule has 2 aromatic rings. The van der Waals surface area contributed by atoms with Gasteiger partial charge in [-0.15, -0.1) is 11.3 Å². The van der Waals surface area contributed by atoms with Crippen LogP contribution in [0, 0.1) is 0 Å². The summed E-state index contributed by atoms with van der Waals surface area (Å²) in [6, 6.07) is 7.38. The third kappa shape index (κ3) is 3.09. The van der Waals surface area contributed by atoms with Crippen LogP contribution in [-0.4, -0.2) is 20.1 Å². The van der Waals surface area contributed by atoms with Crippen molar-refractivity contribution < 1.29 is 14.3 Å². The molecule has 1 aromatic heterocycles. The molecule has 0 fully saturated rings. The Morgan fingerprint density at radius 2 is 1.73 bits per heavy atom. The Hall–Kier alpha value is -2.01. The van der Waals surface area contributed by atoms with Crippen LogP contribution in [0.5, 0.6) is 11.5 Å². The first kappa shape index (κ1) is 14.9. The number of hydrogen-bond donors (Lipinski definition) is 1. The van der Waals surface area contributed by atoms with E-state index in [1.165, 1.54) is 23.3 Å². The highest BCUT2D eigenvalue weighted by Crippen LogP contribution is 2.31. The zero-order valence-electron chi connectivity index (χ0n) is 12.8. The van der Waals surface area contributed by atoms with Gasteiger partial charge in [-0.1, -0.05) is 0 Å². The molecule has 1 amide bonds. The molecule has 1 N–H and O–H groups in total. The van der Waals surface area contributed by atoms with Gasteiger partial charge in [-0.2, -0.15) is 0 Å². The average Bonchev–Trinajstić information content (AvgIpc) is 2.98. The lowest BCUT2D eigenvalue weighted by molar-refractivity contribution is 0.103. The van der Waals surface area contributed by atoms with Gasteiger partial charge in [0, 0.05) is 28.8 Å². The standard InChI is InChI=1S/C17H19NO3S/c1-20-13-8-12(9-14(10-13)21-2)18-17(19)16-7-11-5-3-4-6-15(11)22-16/h7-10H,3-6H2,1-2H3,(H,18,19). The number of amides is 1. The van der Waals surface area contributed by atoms with E-state index in [4.69, 9.17) is 9.47 Å². The molecule has 0 unspecified atom stereocenters. The number of rotatable bonds is 4. The Bertz CT molecular complexity index is 647. The van der Waals surface area contributed by atoms with Gasteiger partial charge in [0.25, 0.3) is 5.91 Å². The number of anilines is 1. The molecule has 0 saturated carbocycles. The van der Waals surface area contributed by atoms with E-state index in [9.17, 15) is 4.79 Å². The van der Waals surface area contributed by atoms with Gasteiger partial charge in [0.15, 0.2) is 0 Å². The minimum atomic E-state index is -0.0743. The summed E-state index contributed by atoms with van der Waals surface area (Å²) in [5.41, 5.74) is 2.01. The van der Waals surface area contributed by atoms with Crippen molar-refractivity contribution in [1.29, 1.82) is 0 Å². The van der Waals surface area contributed by atoms with Gasteiger partial charge in [0.05, 0.1) is 19.1 Å². The lowest BCUT2D eigenvalue weighted by atomic mass is 9.99. The summed E-state index contributed by atoms with van der Waals surface area (Å²) in [6.07, 6.45) is 4.63. The van der Waals surface area contributed by atoms with Gasteiger partial charge in [-0.3, -0.25) is 4.79 Å². The predicted molar refractivity (Wildman–Crippen MR) is 88.5 cm³/mol. The van der Waals surface area contributed by atoms with Crippen molar-refractivity contribution in [2.75, 3.05) is 19.5 Å². The van der Waals surface area contributed by atoms with Crippen LogP contribution in [-0.2, 0) is 12.8 Å². The van der Waals surface area contributed by atoms with Crippen LogP contribution in [0.2, 0.25) is 0 Å². The smallest absolute Gasteiger partial charge is 0.265 e. The van der Waals surface area contributed by atoms with Crippen molar-refractivity contribution in [2.45, 2.75) is 25.7 Å². The summed E-state index contributed by atoms with van der Waals surface area (Å²) in [4.78, 5) is 14.6. The van der Waals surface area contributed by atoms with Crippen LogP contribution < -0.4 is 14.8 Å². The van der Waals surface area contributed by atoms with Crippen molar-refractivity contribution in [3.63, 3.8) is 0 Å². The molecule has 1 aliphatic carbocycles. The number of fused-ring (bicyclic) bond motifs is 1. The fraction of sp³-hybridized carbons (Fsp3) is 0.353. The van der Waals surface area contributed by atoms with Gasteiger partial charge in [0.1, 0.15) is 11.5 Å². The molecule has 5 heteroatoms. The number of nitrogens with one attached hydrogen (secondary N) is 1. The number of methoxy groups -OCH3 is 2. The molecule has 22 heavy (non-hydrogen) atoms. The van der Waals surface area contributed by atoms with Crippen molar-refractivity contribution in [3.05, 3.63) is 39.6 Å². The summed E-state index contributed by atoms with van der Waals surface area (Å²) in [5, 5.41) is 2.93. The Labute approximate surface area is 134 Å². The Kier molecular flexibility index (Phi) is 4.34. The topological polar surface area (TPSA) is 47.6 Å². The maximum absolute atomic E-state index is 12.4. The normalized spacial score (nSPS) is 13.4. The van der Waals surface area contributed by atoms with Gasteiger partial charge in [-0.05, 0) is 37.3 Å². The van der Waals surface area contributed by atoms with E-state index in [2.05, 4.69) is 5.32 Å². The second kappa shape index (κ2) is 6.40. The van der Waals surface area contributed by atoms with Crippen molar-refractivity contribution in [3.8, 4) is 11.5 Å². The number of aryl methyl sites for hydroxylation is 2. The predicted octanol–water partition coefficient (Wildman–Crippen LogP) is 3.90. The summed E-state index contributed by atoms with van der Waals surface area (Å²) in [5.74, 6) is 1.23. The van der Waals surface area contributed by atoms with Gasteiger partial charge >= 0.3 is 0 Å². The second-order valence-electron chi connectivity index (χ2n) is 5.32. The zero-order valence-corrected chi connectivity index (χ0v) is 13.6. The largest absolute Gasteiger partial charge is 0.497 e. The molecule has 0 spiro atoms. The van der Waals surface area contributed by atoms with E-state index in [1.54, 1.807) is 43.8 Å². The van der Waals surface area contributed by atoms with Gasteiger partial charge in [0.2, 0.25) is 0 Å². The third-order valence-corrected chi connectivity index (χ3v) is 5.07. The lowest BCUT2D eigenvalue weighted by Gasteiger charge is -2.09. The van der Waals surface area contributed by atoms with E-state index in [1.807, 2.05) is 6.07 Å². The van der Waals surface area contributed by atoms with E-state index in [0.717, 1.165) is 17.7 Å². The number of carbonyl (C=O) groups excluding carboxylic acids is 1. The Morgan fingerprint density at radius 1 is 1.05 bits per heavy atom. The number of ether oxygens (including phenoxy) is 2. The molecule has 116 valence electrons. The Balaban J connectivity index is 1.80. The maximum atomic E-state index is 12.4. The Morgan fingerprint density at radius 3 is 2.36 bits per heavy atom. The summed E-state index contributed by atoms with van der Waals surface area (Å²) in [7, 11) is 3.18. The van der Waals surface area contributed by atoms with Crippen molar-refractivity contribution in [2.24, 2.45) is 0 Å². The minimum Gasteiger partial charge on any atom is -0.497 e. The van der Waals surface area contributed by atoms with Gasteiger partial charge < -0.3 is 14.8 Å². The number of carbonyl (C=O) groups is 1. The number of benzene rings is 1.